The Hall–Kier alpha value is -1.20. The molecule has 0 amide bonds. The zero-order valence-electron chi connectivity index (χ0n) is 12.5. The van der Waals surface area contributed by atoms with E-state index >= 15 is 0 Å². The van der Waals surface area contributed by atoms with Gasteiger partial charge in [-0.05, 0) is 24.5 Å². The smallest absolute Gasteiger partial charge is 0.263 e. The zero-order chi connectivity index (χ0) is 15.6. The Labute approximate surface area is 130 Å². The fourth-order valence-corrected chi connectivity index (χ4v) is 3.76. The lowest BCUT2D eigenvalue weighted by atomic mass is 10.1. The quantitative estimate of drug-likeness (QED) is 0.752. The van der Waals surface area contributed by atoms with E-state index in [0.717, 1.165) is 24.9 Å². The third kappa shape index (κ3) is 3.35. The van der Waals surface area contributed by atoms with E-state index in [0.29, 0.717) is 17.1 Å². The highest BCUT2D eigenvalue weighted by Crippen LogP contribution is 2.35. The molecule has 0 aliphatic carbocycles. The molecule has 1 aromatic carbocycles. The molecular weight excluding hydrogens is 310 g/mol. The highest BCUT2D eigenvalue weighted by Gasteiger charge is 2.22. The first kappa shape index (κ1) is 16.2. The molecule has 1 aromatic heterocycles. The molecule has 2 aromatic rings. The molecule has 116 valence electrons. The first-order valence-corrected chi connectivity index (χ1v) is 9.30. The molecule has 2 rings (SSSR count). The minimum Gasteiger partial charge on any atom is -0.496 e. The molecule has 0 spiro atoms. The van der Waals surface area contributed by atoms with Gasteiger partial charge in [0, 0.05) is 23.4 Å². The lowest BCUT2D eigenvalue weighted by Gasteiger charge is -2.12. The van der Waals surface area contributed by atoms with Crippen LogP contribution in [0, 0.1) is 5.92 Å². The number of hydrogen-bond donors (Lipinski definition) is 0. The van der Waals surface area contributed by atoms with Crippen LogP contribution in [0.5, 0.6) is 5.75 Å². The van der Waals surface area contributed by atoms with Gasteiger partial charge in [-0.15, -0.1) is 0 Å². The summed E-state index contributed by atoms with van der Waals surface area (Å²) < 4.78 is 30.9. The molecule has 0 aliphatic rings. The van der Waals surface area contributed by atoms with Crippen molar-refractivity contribution in [3.05, 3.63) is 24.4 Å². The van der Waals surface area contributed by atoms with Gasteiger partial charge >= 0.3 is 0 Å². The van der Waals surface area contributed by atoms with Crippen molar-refractivity contribution in [3.63, 3.8) is 0 Å². The van der Waals surface area contributed by atoms with Crippen LogP contribution in [0.1, 0.15) is 26.7 Å². The summed E-state index contributed by atoms with van der Waals surface area (Å²) in [6, 6.07) is 5.49. The molecule has 21 heavy (non-hydrogen) atoms. The third-order valence-corrected chi connectivity index (χ3v) is 4.94. The van der Waals surface area contributed by atoms with Gasteiger partial charge in [-0.25, -0.2) is 8.42 Å². The number of halogens is 1. The Morgan fingerprint density at radius 1 is 1.38 bits per heavy atom. The molecule has 0 saturated heterocycles. The van der Waals surface area contributed by atoms with Crippen LogP contribution in [0.3, 0.4) is 0 Å². The van der Waals surface area contributed by atoms with E-state index in [1.165, 1.54) is 7.11 Å². The lowest BCUT2D eigenvalue weighted by molar-refractivity contribution is 0.419. The average molecular weight is 330 g/mol. The van der Waals surface area contributed by atoms with E-state index in [2.05, 4.69) is 13.8 Å². The highest BCUT2D eigenvalue weighted by molar-refractivity contribution is 8.14. The van der Waals surface area contributed by atoms with Crippen LogP contribution < -0.4 is 4.74 Å². The van der Waals surface area contributed by atoms with Gasteiger partial charge in [0.15, 0.2) is 0 Å². The highest BCUT2D eigenvalue weighted by atomic mass is 35.7. The summed E-state index contributed by atoms with van der Waals surface area (Å²) in [5.74, 6) is 0.983. The Morgan fingerprint density at radius 2 is 2.10 bits per heavy atom. The number of methoxy groups -OCH3 is 1. The Balaban J connectivity index is 2.63. The van der Waals surface area contributed by atoms with E-state index in [4.69, 9.17) is 15.4 Å². The second-order valence-corrected chi connectivity index (χ2v) is 7.87. The molecule has 6 heteroatoms. The maximum absolute atomic E-state index is 11.8. The normalized spacial score (nSPS) is 13.5. The van der Waals surface area contributed by atoms with Gasteiger partial charge in [-0.1, -0.05) is 26.3 Å². The first-order chi connectivity index (χ1) is 9.88. The van der Waals surface area contributed by atoms with E-state index in [-0.39, 0.29) is 4.90 Å². The Morgan fingerprint density at radius 3 is 2.67 bits per heavy atom. The third-order valence-electron chi connectivity index (χ3n) is 3.61. The lowest BCUT2D eigenvalue weighted by Crippen LogP contribution is -2.06. The maximum Gasteiger partial charge on any atom is 0.263 e. The van der Waals surface area contributed by atoms with Crippen molar-refractivity contribution in [2.75, 3.05) is 7.11 Å². The molecule has 4 nitrogen and oxygen atoms in total. The van der Waals surface area contributed by atoms with Crippen LogP contribution in [0.25, 0.3) is 10.9 Å². The number of aromatic nitrogens is 1. The number of nitrogens with zero attached hydrogens (tertiary/aromatic N) is 1. The molecule has 0 N–H and O–H groups in total. The van der Waals surface area contributed by atoms with Gasteiger partial charge in [0.2, 0.25) is 0 Å². The topological polar surface area (TPSA) is 48.3 Å². The summed E-state index contributed by atoms with van der Waals surface area (Å²) in [4.78, 5) is 0.111. The van der Waals surface area contributed by atoms with Gasteiger partial charge < -0.3 is 9.30 Å². The molecule has 0 saturated carbocycles. The number of ether oxygens (including phenoxy) is 1. The number of fused-ring (bicyclic) bond motifs is 1. The van der Waals surface area contributed by atoms with Gasteiger partial charge in [-0.3, -0.25) is 0 Å². The van der Waals surface area contributed by atoms with Crippen molar-refractivity contribution in [2.24, 2.45) is 5.92 Å². The Kier molecular flexibility index (Phi) is 4.84. The van der Waals surface area contributed by atoms with Crippen LogP contribution in [0.4, 0.5) is 0 Å². The van der Waals surface area contributed by atoms with Crippen LogP contribution in [-0.2, 0) is 15.6 Å². The second kappa shape index (κ2) is 6.28. The molecule has 0 bridgehead atoms. The molecule has 1 atom stereocenters. The molecule has 0 aliphatic heterocycles. The molecule has 0 radical (unpaired) electrons. The largest absolute Gasteiger partial charge is 0.496 e. The van der Waals surface area contributed by atoms with Gasteiger partial charge in [-0.2, -0.15) is 0 Å². The summed E-state index contributed by atoms with van der Waals surface area (Å²) in [6.45, 7) is 5.05. The van der Waals surface area contributed by atoms with Gasteiger partial charge in [0.25, 0.3) is 9.05 Å². The van der Waals surface area contributed by atoms with Crippen molar-refractivity contribution < 1.29 is 13.2 Å². The fraction of sp³-hybridized carbons (Fsp3) is 0.467. The second-order valence-electron chi connectivity index (χ2n) is 5.33. The number of rotatable bonds is 6. The van der Waals surface area contributed by atoms with Crippen molar-refractivity contribution in [2.45, 2.75) is 38.1 Å². The summed E-state index contributed by atoms with van der Waals surface area (Å²) in [5, 5.41) is 0.554. The molecule has 1 heterocycles. The standard InChI is InChI=1S/C15H20ClNO3S/c1-4-6-11(2)9-17-10-14(21(16,18)19)15-12(17)7-5-8-13(15)20-3/h5,7-8,10-11H,4,6,9H2,1-3H3. The van der Waals surface area contributed by atoms with Crippen molar-refractivity contribution in [1.82, 2.24) is 4.57 Å². The number of benzene rings is 1. The number of hydrogen-bond acceptors (Lipinski definition) is 3. The predicted octanol–water partition coefficient (Wildman–Crippen LogP) is 4.01. The minimum absolute atomic E-state index is 0.111. The van der Waals surface area contributed by atoms with E-state index in [9.17, 15) is 8.42 Å². The van der Waals surface area contributed by atoms with Crippen LogP contribution >= 0.6 is 10.7 Å². The van der Waals surface area contributed by atoms with Crippen molar-refractivity contribution in [1.29, 1.82) is 0 Å². The fourth-order valence-electron chi connectivity index (χ4n) is 2.71. The first-order valence-electron chi connectivity index (χ1n) is 6.99. The molecular formula is C15H20ClNO3S. The van der Waals surface area contributed by atoms with Crippen molar-refractivity contribution >= 4 is 30.6 Å². The van der Waals surface area contributed by atoms with E-state index in [1.807, 2.05) is 16.7 Å². The average Bonchev–Trinajstić information content (AvgIpc) is 2.78. The van der Waals surface area contributed by atoms with Crippen LogP contribution in [0.2, 0.25) is 0 Å². The summed E-state index contributed by atoms with van der Waals surface area (Å²) >= 11 is 0. The summed E-state index contributed by atoms with van der Waals surface area (Å²) in [7, 11) is 3.29. The monoisotopic (exact) mass is 329 g/mol. The van der Waals surface area contributed by atoms with Crippen LogP contribution in [-0.4, -0.2) is 20.1 Å². The maximum atomic E-state index is 11.8. The van der Waals surface area contributed by atoms with Gasteiger partial charge in [0.1, 0.15) is 10.6 Å². The summed E-state index contributed by atoms with van der Waals surface area (Å²) in [6.07, 6.45) is 3.80. The SMILES string of the molecule is CCCC(C)Cn1cc(S(=O)(=O)Cl)c2c(OC)cccc21. The predicted molar refractivity (Wildman–Crippen MR) is 85.6 cm³/mol. The van der Waals surface area contributed by atoms with Crippen molar-refractivity contribution in [3.8, 4) is 5.75 Å². The minimum atomic E-state index is -3.82. The molecule has 0 fully saturated rings. The van der Waals surface area contributed by atoms with E-state index < -0.39 is 9.05 Å². The zero-order valence-corrected chi connectivity index (χ0v) is 14.0. The van der Waals surface area contributed by atoms with Gasteiger partial charge in [0.05, 0.1) is 18.0 Å². The Bertz CT molecular complexity index is 737. The van der Waals surface area contributed by atoms with E-state index in [1.54, 1.807) is 12.3 Å². The van der Waals surface area contributed by atoms with Crippen LogP contribution in [0.15, 0.2) is 29.3 Å². The summed E-state index contributed by atoms with van der Waals surface area (Å²) in [5.41, 5.74) is 0.830. The molecule has 1 unspecified atom stereocenters.